The summed E-state index contributed by atoms with van der Waals surface area (Å²) in [5.74, 6) is 0.0137. The van der Waals surface area contributed by atoms with Crippen LogP contribution in [-0.2, 0) is 6.42 Å². The molecule has 0 N–H and O–H groups in total. The second-order valence-electron chi connectivity index (χ2n) is 3.56. The van der Waals surface area contributed by atoms with E-state index in [-0.39, 0.29) is 12.2 Å². The lowest BCUT2D eigenvalue weighted by atomic mass is 10.1. The molecule has 0 spiro atoms. The fourth-order valence-electron chi connectivity index (χ4n) is 1.44. The van der Waals surface area contributed by atoms with Crippen molar-refractivity contribution in [3.8, 4) is 0 Å². The number of hydrogen-bond donors (Lipinski definition) is 0. The highest BCUT2D eigenvalue weighted by molar-refractivity contribution is 7.13. The zero-order valence-corrected chi connectivity index (χ0v) is 11.4. The van der Waals surface area contributed by atoms with Crippen LogP contribution < -0.4 is 0 Å². The minimum Gasteiger partial charge on any atom is -0.293 e. The molecular weight excluding hydrogens is 277 g/mol. The van der Waals surface area contributed by atoms with Gasteiger partial charge in [0.25, 0.3) is 0 Å². The van der Waals surface area contributed by atoms with Crippen molar-refractivity contribution >= 4 is 40.3 Å². The highest BCUT2D eigenvalue weighted by Crippen LogP contribution is 2.27. The smallest absolute Gasteiger partial charge is 0.178 e. The van der Waals surface area contributed by atoms with E-state index >= 15 is 0 Å². The number of aryl methyl sites for hydroxylation is 1. The van der Waals surface area contributed by atoms with Gasteiger partial charge in [-0.2, -0.15) is 0 Å². The quantitative estimate of drug-likeness (QED) is 0.792. The lowest BCUT2D eigenvalue weighted by Crippen LogP contribution is -2.01. The van der Waals surface area contributed by atoms with E-state index in [1.54, 1.807) is 24.4 Å². The largest absolute Gasteiger partial charge is 0.293 e. The molecule has 0 atom stereocenters. The second kappa shape index (κ2) is 5.17. The first kappa shape index (κ1) is 12.6. The van der Waals surface area contributed by atoms with Gasteiger partial charge in [0, 0.05) is 12.6 Å². The summed E-state index contributed by atoms with van der Waals surface area (Å²) >= 11 is 13.3. The maximum Gasteiger partial charge on any atom is 0.178 e. The van der Waals surface area contributed by atoms with Gasteiger partial charge in [0.2, 0.25) is 0 Å². The number of ketones is 1. The molecule has 2 nitrogen and oxygen atoms in total. The summed E-state index contributed by atoms with van der Waals surface area (Å²) in [6.45, 7) is 1.87. The lowest BCUT2D eigenvalue weighted by molar-refractivity contribution is 0.0996. The van der Waals surface area contributed by atoms with Crippen LogP contribution in [0.4, 0.5) is 0 Å². The summed E-state index contributed by atoms with van der Waals surface area (Å²) in [5, 5.41) is 1.80. The van der Waals surface area contributed by atoms with Gasteiger partial charge in [-0.3, -0.25) is 4.79 Å². The van der Waals surface area contributed by atoms with Crippen LogP contribution in [0, 0.1) is 6.92 Å². The van der Waals surface area contributed by atoms with Crippen LogP contribution in [0.1, 0.15) is 20.2 Å². The molecule has 0 saturated carbocycles. The fraction of sp³-hybridized carbons (Fsp3) is 0.167. The monoisotopic (exact) mass is 285 g/mol. The zero-order chi connectivity index (χ0) is 12.4. The van der Waals surface area contributed by atoms with E-state index in [1.807, 2.05) is 6.92 Å². The van der Waals surface area contributed by atoms with Crippen molar-refractivity contribution in [1.82, 2.24) is 4.98 Å². The van der Waals surface area contributed by atoms with Crippen molar-refractivity contribution in [1.29, 1.82) is 0 Å². The molecule has 1 heterocycles. The fourth-order valence-corrected chi connectivity index (χ4v) is 2.54. The normalized spacial score (nSPS) is 10.5. The van der Waals surface area contributed by atoms with E-state index in [9.17, 15) is 4.79 Å². The molecule has 1 aromatic carbocycles. The molecule has 0 aliphatic carbocycles. The maximum atomic E-state index is 12.0. The highest BCUT2D eigenvalue weighted by atomic mass is 35.5. The van der Waals surface area contributed by atoms with E-state index in [2.05, 4.69) is 4.98 Å². The second-order valence-corrected chi connectivity index (χ2v) is 5.58. The van der Waals surface area contributed by atoms with Crippen LogP contribution in [0.3, 0.4) is 0 Å². The number of carbonyl (C=O) groups is 1. The van der Waals surface area contributed by atoms with Gasteiger partial charge < -0.3 is 0 Å². The Morgan fingerprint density at radius 1 is 1.41 bits per heavy atom. The van der Waals surface area contributed by atoms with Crippen LogP contribution in [0.2, 0.25) is 10.0 Å². The minimum absolute atomic E-state index is 0.0137. The molecule has 2 aromatic rings. The van der Waals surface area contributed by atoms with Crippen molar-refractivity contribution in [3.63, 3.8) is 0 Å². The van der Waals surface area contributed by atoms with Crippen LogP contribution in [0.5, 0.6) is 0 Å². The van der Waals surface area contributed by atoms with E-state index in [1.165, 1.54) is 11.3 Å². The Morgan fingerprint density at radius 3 is 2.82 bits per heavy atom. The Balaban J connectivity index is 2.21. The third-order valence-corrected chi connectivity index (χ3v) is 4.09. The lowest BCUT2D eigenvalue weighted by Gasteiger charge is -2.03. The number of halogens is 2. The minimum atomic E-state index is 0.0137. The number of hydrogen-bond acceptors (Lipinski definition) is 3. The molecule has 0 amide bonds. The number of thiazole rings is 1. The molecule has 0 unspecified atom stereocenters. The molecule has 0 fully saturated rings. The van der Waals surface area contributed by atoms with Crippen molar-refractivity contribution in [2.75, 3.05) is 0 Å². The van der Waals surface area contributed by atoms with E-state index in [0.29, 0.717) is 14.9 Å². The molecule has 0 bridgehead atoms. The first-order valence-electron chi connectivity index (χ1n) is 4.96. The van der Waals surface area contributed by atoms with Crippen molar-refractivity contribution < 1.29 is 4.79 Å². The van der Waals surface area contributed by atoms with Gasteiger partial charge in [0.1, 0.15) is 0 Å². The Kier molecular flexibility index (Phi) is 3.82. The van der Waals surface area contributed by atoms with Crippen molar-refractivity contribution in [2.24, 2.45) is 0 Å². The van der Waals surface area contributed by atoms with Gasteiger partial charge in [-0.15, -0.1) is 11.3 Å². The van der Waals surface area contributed by atoms with Crippen molar-refractivity contribution in [2.45, 2.75) is 13.3 Å². The SMILES string of the molecule is Cc1ncc(C(=O)Cc2cccc(Cl)c2Cl)s1. The molecule has 0 saturated heterocycles. The van der Waals surface area contributed by atoms with Crippen LogP contribution in [0.15, 0.2) is 24.4 Å². The molecule has 2 rings (SSSR count). The molecular formula is C12H9Cl2NOS. The molecule has 1 aromatic heterocycles. The number of benzene rings is 1. The Labute approximate surface area is 113 Å². The third kappa shape index (κ3) is 2.86. The Morgan fingerprint density at radius 2 is 2.18 bits per heavy atom. The Hall–Kier alpha value is -0.900. The van der Waals surface area contributed by atoms with E-state index in [0.717, 1.165) is 10.6 Å². The highest BCUT2D eigenvalue weighted by Gasteiger charge is 2.13. The van der Waals surface area contributed by atoms with Gasteiger partial charge in [-0.1, -0.05) is 35.3 Å². The number of Topliss-reactive ketones (excluding diaryl/α,β-unsaturated/α-hetero) is 1. The van der Waals surface area contributed by atoms with Crippen molar-refractivity contribution in [3.05, 3.63) is 49.9 Å². The zero-order valence-electron chi connectivity index (χ0n) is 9.04. The summed E-state index contributed by atoms with van der Waals surface area (Å²) in [6, 6.07) is 5.30. The average molecular weight is 286 g/mol. The first-order valence-corrected chi connectivity index (χ1v) is 6.53. The van der Waals surface area contributed by atoms with Gasteiger partial charge in [0.15, 0.2) is 5.78 Å². The molecule has 0 aliphatic rings. The first-order chi connectivity index (χ1) is 8.08. The van der Waals surface area contributed by atoms with Crippen LogP contribution >= 0.6 is 34.5 Å². The summed E-state index contributed by atoms with van der Waals surface area (Å²) < 4.78 is 0. The molecule has 0 aliphatic heterocycles. The summed E-state index contributed by atoms with van der Waals surface area (Å²) in [5.41, 5.74) is 0.746. The maximum absolute atomic E-state index is 12.0. The van der Waals surface area contributed by atoms with Gasteiger partial charge in [-0.05, 0) is 18.6 Å². The summed E-state index contributed by atoms with van der Waals surface area (Å²) in [4.78, 5) is 16.7. The van der Waals surface area contributed by atoms with Crippen LogP contribution in [-0.4, -0.2) is 10.8 Å². The van der Waals surface area contributed by atoms with Gasteiger partial charge in [-0.25, -0.2) is 4.98 Å². The molecule has 17 heavy (non-hydrogen) atoms. The number of rotatable bonds is 3. The molecule has 5 heteroatoms. The molecule has 0 radical (unpaired) electrons. The average Bonchev–Trinajstić information content (AvgIpc) is 2.72. The van der Waals surface area contributed by atoms with E-state index < -0.39 is 0 Å². The predicted molar refractivity (Wildman–Crippen MR) is 71.3 cm³/mol. The van der Waals surface area contributed by atoms with Gasteiger partial charge >= 0.3 is 0 Å². The Bertz CT molecular complexity index is 565. The third-order valence-electron chi connectivity index (χ3n) is 2.28. The molecule has 88 valence electrons. The number of aromatic nitrogens is 1. The summed E-state index contributed by atoms with van der Waals surface area (Å²) in [7, 11) is 0. The summed E-state index contributed by atoms with van der Waals surface area (Å²) in [6.07, 6.45) is 1.85. The van der Waals surface area contributed by atoms with E-state index in [4.69, 9.17) is 23.2 Å². The number of carbonyl (C=O) groups excluding carboxylic acids is 1. The topological polar surface area (TPSA) is 30.0 Å². The standard InChI is InChI=1S/C12H9Cl2NOS/c1-7-15-6-11(17-7)10(16)5-8-3-2-4-9(13)12(8)14/h2-4,6H,5H2,1H3. The predicted octanol–water partition coefficient (Wildman–Crippen LogP) is 4.18. The van der Waals surface area contributed by atoms with Crippen LogP contribution in [0.25, 0.3) is 0 Å². The van der Waals surface area contributed by atoms with Gasteiger partial charge in [0.05, 0.1) is 19.9 Å². The number of nitrogens with zero attached hydrogens (tertiary/aromatic N) is 1.